The third-order valence-electron chi connectivity index (χ3n) is 5.75. The highest BCUT2D eigenvalue weighted by Crippen LogP contribution is 2.28. The zero-order valence-corrected chi connectivity index (χ0v) is 17.7. The van der Waals surface area contributed by atoms with Crippen LogP contribution in [0, 0.1) is 6.92 Å². The van der Waals surface area contributed by atoms with Gasteiger partial charge in [0.2, 0.25) is 11.9 Å². The normalized spacial score (nSPS) is 18.3. The van der Waals surface area contributed by atoms with E-state index in [1.807, 2.05) is 24.0 Å². The molecule has 2 aliphatic heterocycles. The van der Waals surface area contributed by atoms with Crippen LogP contribution in [0.3, 0.4) is 0 Å². The van der Waals surface area contributed by atoms with E-state index in [4.69, 9.17) is 10.5 Å². The molecule has 1 unspecified atom stereocenters. The molecule has 0 aliphatic carbocycles. The van der Waals surface area contributed by atoms with E-state index < -0.39 is 6.10 Å². The van der Waals surface area contributed by atoms with E-state index in [0.29, 0.717) is 44.9 Å². The van der Waals surface area contributed by atoms with Crippen LogP contribution in [-0.4, -0.2) is 58.1 Å². The Balaban J connectivity index is 1.26. The summed E-state index contributed by atoms with van der Waals surface area (Å²) in [6.07, 6.45) is 3.87. The monoisotopic (exact) mass is 424 g/mol. The number of nitrogens with one attached hydrogen (secondary N) is 2. The van der Waals surface area contributed by atoms with E-state index in [0.717, 1.165) is 29.5 Å². The standard InChI is InChI=1S/C22H28N6O3/c1-14-2-3-16-8-11-31-20(17(16)12-14)21(30)24-13-15-6-9-28(10-7-15)19(29)5-4-18-25-22(23)27-26-18/h2-3,6,12,20H,4-5,7-11,13H2,1H3,(H,24,30)(H3,23,25,26,27). The summed E-state index contributed by atoms with van der Waals surface area (Å²) in [6.45, 7) is 4.23. The second-order valence-corrected chi connectivity index (χ2v) is 8.01. The Kier molecular flexibility index (Phi) is 6.31. The molecule has 1 atom stereocenters. The molecule has 4 rings (SSSR count). The highest BCUT2D eigenvalue weighted by Gasteiger charge is 2.27. The van der Waals surface area contributed by atoms with Crippen molar-refractivity contribution in [2.45, 2.75) is 38.7 Å². The zero-order valence-electron chi connectivity index (χ0n) is 17.7. The second kappa shape index (κ2) is 9.30. The van der Waals surface area contributed by atoms with E-state index in [2.05, 4.69) is 32.6 Å². The maximum absolute atomic E-state index is 12.8. The van der Waals surface area contributed by atoms with Crippen molar-refractivity contribution in [3.8, 4) is 0 Å². The minimum Gasteiger partial charge on any atom is -0.367 e. The molecule has 1 aromatic carbocycles. The first kappa shape index (κ1) is 21.0. The van der Waals surface area contributed by atoms with Crippen molar-refractivity contribution in [2.24, 2.45) is 0 Å². The second-order valence-electron chi connectivity index (χ2n) is 8.01. The molecular weight excluding hydrogens is 396 g/mol. The summed E-state index contributed by atoms with van der Waals surface area (Å²) in [7, 11) is 0. The number of hydrogen-bond acceptors (Lipinski definition) is 6. The van der Waals surface area contributed by atoms with Gasteiger partial charge in [-0.2, -0.15) is 4.98 Å². The molecule has 0 bridgehead atoms. The highest BCUT2D eigenvalue weighted by atomic mass is 16.5. The van der Waals surface area contributed by atoms with Crippen LogP contribution in [0.5, 0.6) is 0 Å². The number of hydrogen-bond donors (Lipinski definition) is 3. The summed E-state index contributed by atoms with van der Waals surface area (Å²) < 4.78 is 5.77. The van der Waals surface area contributed by atoms with E-state index in [1.54, 1.807) is 0 Å². The van der Waals surface area contributed by atoms with Crippen LogP contribution in [0.4, 0.5) is 5.95 Å². The van der Waals surface area contributed by atoms with Crippen LogP contribution in [0.15, 0.2) is 29.8 Å². The third kappa shape index (κ3) is 5.11. The number of carbonyl (C=O) groups is 2. The van der Waals surface area contributed by atoms with E-state index in [9.17, 15) is 9.59 Å². The van der Waals surface area contributed by atoms with Gasteiger partial charge in [-0.15, -0.1) is 5.10 Å². The molecule has 3 heterocycles. The fourth-order valence-corrected chi connectivity index (χ4v) is 3.98. The minimum absolute atomic E-state index is 0.0666. The van der Waals surface area contributed by atoms with Gasteiger partial charge < -0.3 is 20.7 Å². The van der Waals surface area contributed by atoms with Crippen LogP contribution in [-0.2, 0) is 27.2 Å². The van der Waals surface area contributed by atoms with Crippen LogP contribution in [0.1, 0.15) is 41.5 Å². The lowest BCUT2D eigenvalue weighted by molar-refractivity contribution is -0.134. The van der Waals surface area contributed by atoms with E-state index >= 15 is 0 Å². The third-order valence-corrected chi connectivity index (χ3v) is 5.75. The number of H-pyrrole nitrogens is 1. The number of ether oxygens (including phenoxy) is 1. The fourth-order valence-electron chi connectivity index (χ4n) is 3.98. The van der Waals surface area contributed by atoms with Gasteiger partial charge in [-0.3, -0.25) is 14.7 Å². The minimum atomic E-state index is -0.559. The molecule has 9 heteroatoms. The molecule has 4 N–H and O–H groups in total. The molecule has 9 nitrogen and oxygen atoms in total. The Labute approximate surface area is 181 Å². The van der Waals surface area contributed by atoms with Gasteiger partial charge in [0.25, 0.3) is 5.91 Å². The Morgan fingerprint density at radius 1 is 1.35 bits per heavy atom. The Morgan fingerprint density at radius 3 is 2.97 bits per heavy atom. The molecule has 2 aromatic rings. The zero-order chi connectivity index (χ0) is 21.8. The molecule has 0 saturated heterocycles. The maximum atomic E-state index is 12.8. The van der Waals surface area contributed by atoms with Crippen molar-refractivity contribution >= 4 is 17.8 Å². The lowest BCUT2D eigenvalue weighted by Crippen LogP contribution is -2.38. The first-order valence-corrected chi connectivity index (χ1v) is 10.6. The van der Waals surface area contributed by atoms with Crippen LogP contribution >= 0.6 is 0 Å². The summed E-state index contributed by atoms with van der Waals surface area (Å²) in [5.74, 6) is 0.755. The highest BCUT2D eigenvalue weighted by molar-refractivity contribution is 5.83. The van der Waals surface area contributed by atoms with Crippen LogP contribution in [0.25, 0.3) is 0 Å². The molecule has 0 saturated carbocycles. The number of aromatic nitrogens is 3. The Bertz CT molecular complexity index is 999. The molecule has 2 aliphatic rings. The lowest BCUT2D eigenvalue weighted by Gasteiger charge is -2.28. The van der Waals surface area contributed by atoms with Gasteiger partial charge in [0, 0.05) is 32.5 Å². The molecule has 31 heavy (non-hydrogen) atoms. The van der Waals surface area contributed by atoms with E-state index in [1.165, 1.54) is 5.56 Å². The number of nitrogen functional groups attached to an aromatic ring is 1. The first-order chi connectivity index (χ1) is 15.0. The average molecular weight is 425 g/mol. The summed E-state index contributed by atoms with van der Waals surface area (Å²) in [4.78, 5) is 31.0. The predicted octanol–water partition coefficient (Wildman–Crippen LogP) is 1.22. The number of nitrogens with zero attached hydrogens (tertiary/aromatic N) is 3. The van der Waals surface area contributed by atoms with Gasteiger partial charge in [-0.05, 0) is 30.9 Å². The molecule has 0 spiro atoms. The fraction of sp³-hybridized carbons (Fsp3) is 0.455. The van der Waals surface area contributed by atoms with Crippen molar-refractivity contribution < 1.29 is 14.3 Å². The molecule has 2 amide bonds. The summed E-state index contributed by atoms with van der Waals surface area (Å²) in [5, 5.41) is 9.49. The number of rotatable bonds is 6. The van der Waals surface area contributed by atoms with Gasteiger partial charge in [0.05, 0.1) is 6.61 Å². The molecule has 164 valence electrons. The molecular formula is C22H28N6O3. The van der Waals surface area contributed by atoms with Crippen molar-refractivity contribution in [2.75, 3.05) is 32.0 Å². The molecule has 0 radical (unpaired) electrons. The van der Waals surface area contributed by atoms with Crippen molar-refractivity contribution in [1.82, 2.24) is 25.4 Å². The molecule has 0 fully saturated rings. The van der Waals surface area contributed by atoms with Gasteiger partial charge in [0.1, 0.15) is 5.82 Å². The van der Waals surface area contributed by atoms with Crippen LogP contribution in [0.2, 0.25) is 0 Å². The number of benzene rings is 1. The van der Waals surface area contributed by atoms with E-state index in [-0.39, 0.29) is 17.8 Å². The summed E-state index contributed by atoms with van der Waals surface area (Å²) in [5.41, 5.74) is 9.86. The Hall–Kier alpha value is -3.20. The van der Waals surface area contributed by atoms with Gasteiger partial charge in [-0.25, -0.2) is 0 Å². The predicted molar refractivity (Wildman–Crippen MR) is 115 cm³/mol. The maximum Gasteiger partial charge on any atom is 0.254 e. The first-order valence-electron chi connectivity index (χ1n) is 10.6. The van der Waals surface area contributed by atoms with Crippen molar-refractivity contribution in [3.05, 3.63) is 52.4 Å². The number of aromatic amines is 1. The number of aryl methyl sites for hydroxylation is 2. The number of nitrogens with two attached hydrogens (primary N) is 1. The Morgan fingerprint density at radius 2 is 2.23 bits per heavy atom. The van der Waals surface area contributed by atoms with Gasteiger partial charge in [0.15, 0.2) is 6.10 Å². The smallest absolute Gasteiger partial charge is 0.254 e. The SMILES string of the molecule is Cc1ccc2c(c1)C(C(=O)NCC1=CCN(C(=O)CCc3nc(N)n[nH]3)CC1)OCC2. The van der Waals surface area contributed by atoms with Gasteiger partial charge >= 0.3 is 0 Å². The lowest BCUT2D eigenvalue weighted by atomic mass is 9.95. The van der Waals surface area contributed by atoms with Crippen molar-refractivity contribution in [1.29, 1.82) is 0 Å². The average Bonchev–Trinajstić information content (AvgIpc) is 3.20. The van der Waals surface area contributed by atoms with Crippen LogP contribution < -0.4 is 11.1 Å². The van der Waals surface area contributed by atoms with Crippen molar-refractivity contribution in [3.63, 3.8) is 0 Å². The topological polar surface area (TPSA) is 126 Å². The largest absolute Gasteiger partial charge is 0.367 e. The number of amides is 2. The summed E-state index contributed by atoms with van der Waals surface area (Å²) in [6, 6.07) is 6.19. The summed E-state index contributed by atoms with van der Waals surface area (Å²) >= 11 is 0. The number of anilines is 1. The van der Waals surface area contributed by atoms with Gasteiger partial charge in [-0.1, -0.05) is 35.4 Å². The number of fused-ring (bicyclic) bond motifs is 1. The number of carbonyl (C=O) groups excluding carboxylic acids is 2. The quantitative estimate of drug-likeness (QED) is 0.599. The molecule has 1 aromatic heterocycles.